The maximum Gasteiger partial charge on any atom is 0.411 e. The summed E-state index contributed by atoms with van der Waals surface area (Å²) in [5.74, 6) is -0.00439. The Kier molecular flexibility index (Phi) is 6.59. The largest absolute Gasteiger partial charge is 0.444 e. The topological polar surface area (TPSA) is 66.8 Å². The lowest BCUT2D eigenvalue weighted by Gasteiger charge is -2.40. The summed E-state index contributed by atoms with van der Waals surface area (Å²) >= 11 is 0. The van der Waals surface area contributed by atoms with Crippen LogP contribution in [-0.4, -0.2) is 45.7 Å². The molecule has 1 aromatic carbocycles. The number of ketones is 1. The van der Waals surface area contributed by atoms with Crippen molar-refractivity contribution in [2.24, 2.45) is 0 Å². The van der Waals surface area contributed by atoms with Crippen LogP contribution in [0.15, 0.2) is 42.5 Å². The Balaban J connectivity index is 2.22. The first-order valence-electron chi connectivity index (χ1n) is 9.11. The summed E-state index contributed by atoms with van der Waals surface area (Å²) in [5.41, 5.74) is 0.0139. The molecule has 0 saturated carbocycles. The zero-order valence-electron chi connectivity index (χ0n) is 16.0. The van der Waals surface area contributed by atoms with Gasteiger partial charge in [0, 0.05) is 18.0 Å². The Morgan fingerprint density at radius 3 is 2.50 bits per heavy atom. The van der Waals surface area contributed by atoms with E-state index in [9.17, 15) is 14.7 Å². The first kappa shape index (κ1) is 20.2. The predicted molar refractivity (Wildman–Crippen MR) is 101 cm³/mol. The van der Waals surface area contributed by atoms with Crippen LogP contribution in [0.2, 0.25) is 0 Å². The molecular formula is C21H29NO4. The third kappa shape index (κ3) is 5.70. The average Bonchev–Trinajstić information content (AvgIpc) is 2.53. The molecule has 0 fully saturated rings. The zero-order valence-corrected chi connectivity index (χ0v) is 16.0. The number of hydrogen-bond donors (Lipinski definition) is 1. The van der Waals surface area contributed by atoms with E-state index >= 15 is 0 Å². The summed E-state index contributed by atoms with van der Waals surface area (Å²) in [4.78, 5) is 27.1. The number of benzene rings is 1. The van der Waals surface area contributed by atoms with Gasteiger partial charge in [-0.1, -0.05) is 42.5 Å². The SMILES string of the molecule is C[C@@H](O)C[C@@H]1C=CC[C@@H](CC(=O)c2ccccc2)N1C(=O)OC(C)(C)C. The maximum absolute atomic E-state index is 12.8. The lowest BCUT2D eigenvalue weighted by Crippen LogP contribution is -2.51. The summed E-state index contributed by atoms with van der Waals surface area (Å²) in [5, 5.41) is 9.80. The van der Waals surface area contributed by atoms with Crippen molar-refractivity contribution in [3.05, 3.63) is 48.0 Å². The molecule has 5 heteroatoms. The van der Waals surface area contributed by atoms with Gasteiger partial charge in [-0.05, 0) is 40.5 Å². The monoisotopic (exact) mass is 359 g/mol. The number of amides is 1. The van der Waals surface area contributed by atoms with Crippen molar-refractivity contribution in [1.29, 1.82) is 0 Å². The van der Waals surface area contributed by atoms with Crippen molar-refractivity contribution < 1.29 is 19.4 Å². The smallest absolute Gasteiger partial charge is 0.411 e. The molecule has 1 amide bonds. The molecule has 5 nitrogen and oxygen atoms in total. The van der Waals surface area contributed by atoms with E-state index in [1.165, 1.54) is 0 Å². The zero-order chi connectivity index (χ0) is 19.3. The number of ether oxygens (including phenoxy) is 1. The van der Waals surface area contributed by atoms with Crippen LogP contribution in [0.4, 0.5) is 4.79 Å². The van der Waals surface area contributed by atoms with Gasteiger partial charge in [-0.3, -0.25) is 9.69 Å². The Morgan fingerprint density at radius 2 is 1.92 bits per heavy atom. The fourth-order valence-electron chi connectivity index (χ4n) is 3.15. The normalized spacial score (nSPS) is 21.3. The average molecular weight is 359 g/mol. The summed E-state index contributed by atoms with van der Waals surface area (Å²) < 4.78 is 5.57. The van der Waals surface area contributed by atoms with E-state index in [0.717, 1.165) is 0 Å². The second-order valence-electron chi connectivity index (χ2n) is 7.85. The van der Waals surface area contributed by atoms with E-state index < -0.39 is 17.8 Å². The molecule has 1 aliphatic heterocycles. The van der Waals surface area contributed by atoms with Gasteiger partial charge in [-0.15, -0.1) is 0 Å². The van der Waals surface area contributed by atoms with Gasteiger partial charge >= 0.3 is 6.09 Å². The van der Waals surface area contributed by atoms with Crippen molar-refractivity contribution in [2.75, 3.05) is 0 Å². The van der Waals surface area contributed by atoms with Crippen LogP contribution in [0, 0.1) is 0 Å². The molecule has 0 aromatic heterocycles. The van der Waals surface area contributed by atoms with Gasteiger partial charge < -0.3 is 9.84 Å². The number of Topliss-reactive ketones (excluding diaryl/α,β-unsaturated/α-hetero) is 1. The molecule has 0 unspecified atom stereocenters. The highest BCUT2D eigenvalue weighted by molar-refractivity contribution is 5.96. The molecule has 0 radical (unpaired) electrons. The van der Waals surface area contributed by atoms with Crippen molar-refractivity contribution in [1.82, 2.24) is 4.90 Å². The number of nitrogens with zero attached hydrogens (tertiary/aromatic N) is 1. The molecule has 1 aliphatic rings. The third-order valence-electron chi connectivity index (χ3n) is 4.22. The van der Waals surface area contributed by atoms with Crippen LogP contribution in [0.3, 0.4) is 0 Å². The lowest BCUT2D eigenvalue weighted by molar-refractivity contribution is 0.00286. The van der Waals surface area contributed by atoms with Crippen molar-refractivity contribution in [3.63, 3.8) is 0 Å². The molecular weight excluding hydrogens is 330 g/mol. The van der Waals surface area contributed by atoms with Gasteiger partial charge in [0.15, 0.2) is 5.78 Å². The minimum Gasteiger partial charge on any atom is -0.444 e. The molecule has 1 aromatic rings. The van der Waals surface area contributed by atoms with Gasteiger partial charge in [0.25, 0.3) is 0 Å². The summed E-state index contributed by atoms with van der Waals surface area (Å²) in [6.07, 6.45) is 4.12. The highest BCUT2D eigenvalue weighted by atomic mass is 16.6. The number of carbonyl (C=O) groups excluding carboxylic acids is 2. The predicted octanol–water partition coefficient (Wildman–Crippen LogP) is 3.96. The second kappa shape index (κ2) is 8.49. The van der Waals surface area contributed by atoms with Crippen molar-refractivity contribution in [3.8, 4) is 0 Å². The fourth-order valence-corrected chi connectivity index (χ4v) is 3.15. The third-order valence-corrected chi connectivity index (χ3v) is 4.22. The molecule has 3 atom stereocenters. The highest BCUT2D eigenvalue weighted by Crippen LogP contribution is 2.26. The van der Waals surface area contributed by atoms with E-state index in [4.69, 9.17) is 4.74 Å². The molecule has 0 spiro atoms. The van der Waals surface area contributed by atoms with Gasteiger partial charge in [0.05, 0.1) is 12.1 Å². The first-order chi connectivity index (χ1) is 12.2. The van der Waals surface area contributed by atoms with Crippen molar-refractivity contribution >= 4 is 11.9 Å². The van der Waals surface area contributed by atoms with Crippen LogP contribution in [-0.2, 0) is 4.74 Å². The van der Waals surface area contributed by atoms with Gasteiger partial charge in [0.2, 0.25) is 0 Å². The molecule has 0 bridgehead atoms. The number of aliphatic hydroxyl groups excluding tert-OH is 1. The molecule has 142 valence electrons. The number of carbonyl (C=O) groups is 2. The van der Waals surface area contributed by atoms with Gasteiger partial charge in [-0.2, -0.15) is 0 Å². The van der Waals surface area contributed by atoms with Crippen LogP contribution in [0.1, 0.15) is 57.3 Å². The molecule has 26 heavy (non-hydrogen) atoms. The van der Waals surface area contributed by atoms with E-state index in [-0.39, 0.29) is 24.3 Å². The Morgan fingerprint density at radius 1 is 1.27 bits per heavy atom. The van der Waals surface area contributed by atoms with Gasteiger partial charge in [-0.25, -0.2) is 4.79 Å². The van der Waals surface area contributed by atoms with Crippen LogP contribution in [0.25, 0.3) is 0 Å². The van der Waals surface area contributed by atoms with Crippen molar-refractivity contribution in [2.45, 2.75) is 70.7 Å². The summed E-state index contributed by atoms with van der Waals surface area (Å²) in [6.45, 7) is 7.15. The van der Waals surface area contributed by atoms with Crippen LogP contribution >= 0.6 is 0 Å². The molecule has 0 aliphatic carbocycles. The molecule has 2 rings (SSSR count). The van der Waals surface area contributed by atoms with Crippen LogP contribution < -0.4 is 0 Å². The minimum atomic E-state index is -0.623. The van der Waals surface area contributed by atoms with Crippen LogP contribution in [0.5, 0.6) is 0 Å². The minimum absolute atomic E-state index is 0.00439. The summed E-state index contributed by atoms with van der Waals surface area (Å²) in [6, 6.07) is 8.52. The number of rotatable bonds is 5. The fraction of sp³-hybridized carbons (Fsp3) is 0.524. The molecule has 0 saturated heterocycles. The quantitative estimate of drug-likeness (QED) is 0.638. The van der Waals surface area contributed by atoms with E-state index in [1.807, 2.05) is 51.1 Å². The molecule has 1 heterocycles. The number of aliphatic hydroxyl groups is 1. The Labute approximate surface area is 155 Å². The lowest BCUT2D eigenvalue weighted by atomic mass is 9.94. The van der Waals surface area contributed by atoms with Gasteiger partial charge in [0.1, 0.15) is 5.60 Å². The Bertz CT molecular complexity index is 646. The summed E-state index contributed by atoms with van der Waals surface area (Å²) in [7, 11) is 0. The standard InChI is InChI=1S/C21H29NO4/c1-15(23)13-17-11-8-12-18(22(17)20(25)26-21(2,3)4)14-19(24)16-9-6-5-7-10-16/h5-11,15,17-18,23H,12-14H2,1-4H3/t15-,17+,18+/m1/s1. The highest BCUT2D eigenvalue weighted by Gasteiger charge is 2.36. The Hall–Kier alpha value is -2.14. The van der Waals surface area contributed by atoms with E-state index in [2.05, 4.69) is 0 Å². The van der Waals surface area contributed by atoms with E-state index in [0.29, 0.717) is 18.4 Å². The maximum atomic E-state index is 12.8. The number of hydrogen-bond acceptors (Lipinski definition) is 4. The second-order valence-corrected chi connectivity index (χ2v) is 7.85. The van der Waals surface area contributed by atoms with E-state index in [1.54, 1.807) is 24.0 Å². The molecule has 1 N–H and O–H groups in total. The first-order valence-corrected chi connectivity index (χ1v) is 9.11.